The second-order valence-corrected chi connectivity index (χ2v) is 6.50. The fourth-order valence-electron chi connectivity index (χ4n) is 2.04. The van der Waals surface area contributed by atoms with Gasteiger partial charge < -0.3 is 11.5 Å². The van der Waals surface area contributed by atoms with Crippen LogP contribution in [0.4, 0.5) is 23.5 Å². The fraction of sp³-hybridized carbons (Fsp3) is 0. The van der Waals surface area contributed by atoms with E-state index >= 15 is 0 Å². The number of carbonyl (C=O) groups is 1. The maximum absolute atomic E-state index is 12.6. The minimum atomic E-state index is -0.527. The van der Waals surface area contributed by atoms with E-state index in [0.717, 1.165) is 16.8 Å². The van der Waals surface area contributed by atoms with Gasteiger partial charge in [0.15, 0.2) is 4.32 Å². The summed E-state index contributed by atoms with van der Waals surface area (Å²) in [6.45, 7) is 0. The minimum Gasteiger partial charge on any atom is -0.368 e. The monoisotopic (exact) mass is 390 g/mol. The van der Waals surface area contributed by atoms with E-state index in [4.69, 9.17) is 23.7 Å². The van der Waals surface area contributed by atoms with Crippen molar-refractivity contribution in [1.82, 2.24) is 20.0 Å². The molecule has 0 bridgehead atoms. The van der Waals surface area contributed by atoms with Crippen LogP contribution in [0.15, 0.2) is 29.2 Å². The number of thiocarbonyl (C=S) groups is 1. The molecule has 1 aliphatic heterocycles. The van der Waals surface area contributed by atoms with Gasteiger partial charge in [-0.05, 0) is 24.4 Å². The molecule has 1 aromatic carbocycles. The maximum atomic E-state index is 12.6. The molecular weight excluding hydrogens is 380 g/mol. The number of anilines is 3. The van der Waals surface area contributed by atoms with Crippen LogP contribution < -0.4 is 16.9 Å². The molecule has 1 amide bonds. The Hall–Kier alpha value is -3.32. The molecule has 3 rings (SSSR count). The molecule has 13 heteroatoms. The van der Waals surface area contributed by atoms with Crippen LogP contribution in [0.2, 0.25) is 0 Å². The van der Waals surface area contributed by atoms with Gasteiger partial charge in [0.25, 0.3) is 11.6 Å². The predicted molar refractivity (Wildman–Crippen MR) is 100 cm³/mol. The number of nitro benzene ring substituents is 1. The standard InChI is InChI=1S/C13H10N8O3S2/c14-10-16-11(15)18-12(17-10)19-20-9(22)8(26-13(20)25)5-6-3-1-2-4-7(6)21(23)24/h1-5H,(H5,14,15,16,17,18,19). The number of para-hydroxylation sites is 1. The maximum Gasteiger partial charge on any atom is 0.285 e. The van der Waals surface area contributed by atoms with Gasteiger partial charge in [-0.1, -0.05) is 23.9 Å². The van der Waals surface area contributed by atoms with E-state index in [1.54, 1.807) is 6.07 Å². The van der Waals surface area contributed by atoms with Crippen molar-refractivity contribution in [3.63, 3.8) is 0 Å². The Bertz CT molecular complexity index is 944. The van der Waals surface area contributed by atoms with Crippen LogP contribution in [0.5, 0.6) is 0 Å². The van der Waals surface area contributed by atoms with Gasteiger partial charge in [0.2, 0.25) is 17.8 Å². The predicted octanol–water partition coefficient (Wildman–Crippen LogP) is 1.17. The third-order valence-corrected chi connectivity index (χ3v) is 4.40. The number of thioether (sulfide) groups is 1. The highest BCUT2D eigenvalue weighted by molar-refractivity contribution is 8.26. The summed E-state index contributed by atoms with van der Waals surface area (Å²) in [5.74, 6) is -0.823. The van der Waals surface area contributed by atoms with Crippen molar-refractivity contribution >= 4 is 63.8 Å². The second-order valence-electron chi connectivity index (χ2n) is 4.82. The molecule has 26 heavy (non-hydrogen) atoms. The lowest BCUT2D eigenvalue weighted by atomic mass is 10.1. The molecule has 2 heterocycles. The van der Waals surface area contributed by atoms with E-state index in [9.17, 15) is 14.9 Å². The molecule has 1 fully saturated rings. The van der Waals surface area contributed by atoms with Crippen LogP contribution in [-0.4, -0.2) is 35.1 Å². The summed E-state index contributed by atoms with van der Waals surface area (Å²) < 4.78 is 0.164. The summed E-state index contributed by atoms with van der Waals surface area (Å²) in [6, 6.07) is 6.05. The third-order valence-electron chi connectivity index (χ3n) is 3.10. The molecular formula is C13H10N8O3S2. The Morgan fingerprint density at radius 2 is 1.88 bits per heavy atom. The molecule has 1 aliphatic rings. The molecule has 0 atom stereocenters. The first-order valence-corrected chi connectivity index (χ1v) is 8.12. The highest BCUT2D eigenvalue weighted by Crippen LogP contribution is 2.34. The number of nitrogens with two attached hydrogens (primary N) is 2. The van der Waals surface area contributed by atoms with Crippen LogP contribution in [0.25, 0.3) is 6.08 Å². The normalized spacial score (nSPS) is 15.5. The van der Waals surface area contributed by atoms with E-state index in [2.05, 4.69) is 20.4 Å². The number of benzene rings is 1. The molecule has 11 nitrogen and oxygen atoms in total. The molecule has 0 aliphatic carbocycles. The van der Waals surface area contributed by atoms with Gasteiger partial charge in [0.05, 0.1) is 15.4 Å². The van der Waals surface area contributed by atoms with Crippen molar-refractivity contribution in [2.75, 3.05) is 16.9 Å². The van der Waals surface area contributed by atoms with Gasteiger partial charge in [-0.2, -0.15) is 20.0 Å². The van der Waals surface area contributed by atoms with Crippen molar-refractivity contribution in [3.8, 4) is 0 Å². The molecule has 132 valence electrons. The average Bonchev–Trinajstić information content (AvgIpc) is 2.82. The summed E-state index contributed by atoms with van der Waals surface area (Å²) in [6.07, 6.45) is 1.40. The zero-order valence-electron chi connectivity index (χ0n) is 12.8. The molecule has 0 saturated carbocycles. The summed E-state index contributed by atoms with van der Waals surface area (Å²) in [7, 11) is 0. The molecule has 1 aromatic heterocycles. The van der Waals surface area contributed by atoms with Gasteiger partial charge in [0.1, 0.15) is 0 Å². The number of hydrazine groups is 1. The van der Waals surface area contributed by atoms with E-state index in [0.29, 0.717) is 0 Å². The van der Waals surface area contributed by atoms with Gasteiger partial charge in [0, 0.05) is 6.07 Å². The zero-order chi connectivity index (χ0) is 18.8. The first-order chi connectivity index (χ1) is 12.3. The number of amides is 1. The lowest BCUT2D eigenvalue weighted by molar-refractivity contribution is -0.385. The van der Waals surface area contributed by atoms with Crippen molar-refractivity contribution < 1.29 is 9.72 Å². The van der Waals surface area contributed by atoms with Crippen LogP contribution in [-0.2, 0) is 4.79 Å². The number of hydrogen-bond donors (Lipinski definition) is 3. The number of nitrogens with zero attached hydrogens (tertiary/aromatic N) is 5. The van der Waals surface area contributed by atoms with Crippen molar-refractivity contribution in [1.29, 1.82) is 0 Å². The highest BCUT2D eigenvalue weighted by Gasteiger charge is 2.33. The van der Waals surface area contributed by atoms with E-state index < -0.39 is 10.8 Å². The Kier molecular flexibility index (Phi) is 4.64. The van der Waals surface area contributed by atoms with Crippen LogP contribution in [0.3, 0.4) is 0 Å². The Morgan fingerprint density at radius 3 is 2.54 bits per heavy atom. The number of hydrogen-bond acceptors (Lipinski definition) is 11. The van der Waals surface area contributed by atoms with Gasteiger partial charge in [-0.25, -0.2) is 0 Å². The van der Waals surface area contributed by atoms with Crippen LogP contribution in [0.1, 0.15) is 5.56 Å². The Morgan fingerprint density at radius 1 is 1.23 bits per heavy atom. The molecule has 2 aromatic rings. The number of nitrogens with one attached hydrogen (secondary N) is 1. The number of nitro groups is 1. The highest BCUT2D eigenvalue weighted by atomic mass is 32.2. The largest absolute Gasteiger partial charge is 0.368 e. The van der Waals surface area contributed by atoms with Crippen molar-refractivity contribution in [2.24, 2.45) is 0 Å². The smallest absolute Gasteiger partial charge is 0.285 e. The molecule has 0 unspecified atom stereocenters. The minimum absolute atomic E-state index is 0.0572. The van der Waals surface area contributed by atoms with E-state index in [1.165, 1.54) is 24.3 Å². The summed E-state index contributed by atoms with van der Waals surface area (Å²) >= 11 is 6.13. The average molecular weight is 390 g/mol. The van der Waals surface area contributed by atoms with E-state index in [1.807, 2.05) is 0 Å². The topological polar surface area (TPSA) is 166 Å². The molecule has 0 spiro atoms. The number of rotatable bonds is 4. The molecule has 0 radical (unpaired) electrons. The first kappa shape index (κ1) is 17.5. The molecule has 1 saturated heterocycles. The van der Waals surface area contributed by atoms with E-state index in [-0.39, 0.29) is 38.3 Å². The van der Waals surface area contributed by atoms with Crippen molar-refractivity contribution in [2.45, 2.75) is 0 Å². The third kappa shape index (κ3) is 3.52. The quantitative estimate of drug-likeness (QED) is 0.297. The zero-order valence-corrected chi connectivity index (χ0v) is 14.5. The molecule has 5 N–H and O–H groups in total. The van der Waals surface area contributed by atoms with Gasteiger partial charge in [-0.3, -0.25) is 20.3 Å². The van der Waals surface area contributed by atoms with Gasteiger partial charge in [-0.15, -0.1) is 0 Å². The summed E-state index contributed by atoms with van der Waals surface area (Å²) in [5.41, 5.74) is 13.7. The van der Waals surface area contributed by atoms with Crippen LogP contribution >= 0.6 is 24.0 Å². The SMILES string of the molecule is Nc1nc(N)nc(NN2C(=O)C(=Cc3ccccc3[N+](=O)[O-])SC2=S)n1. The first-order valence-electron chi connectivity index (χ1n) is 6.90. The van der Waals surface area contributed by atoms with Gasteiger partial charge >= 0.3 is 0 Å². The summed E-state index contributed by atoms with van der Waals surface area (Å²) in [5, 5.41) is 12.1. The lowest BCUT2D eigenvalue weighted by Crippen LogP contribution is -2.34. The lowest BCUT2D eigenvalue weighted by Gasteiger charge is -2.15. The summed E-state index contributed by atoms with van der Waals surface area (Å²) in [4.78, 5) is 34.6. The number of nitrogen functional groups attached to an aromatic ring is 2. The number of aromatic nitrogens is 3. The Labute approximate surface area is 155 Å². The van der Waals surface area contributed by atoms with Crippen LogP contribution in [0, 0.1) is 10.1 Å². The van der Waals surface area contributed by atoms with Crippen molar-refractivity contribution in [3.05, 3.63) is 44.8 Å². The fourth-order valence-corrected chi connectivity index (χ4v) is 3.21. The Balaban J connectivity index is 1.88. The number of carbonyl (C=O) groups excluding carboxylic acids is 1. The second kappa shape index (κ2) is 6.89.